The number of amides is 1. The van der Waals surface area contributed by atoms with Crippen molar-refractivity contribution >= 4 is 28.6 Å². The lowest BCUT2D eigenvalue weighted by atomic mass is 9.98. The molecule has 0 bridgehead atoms. The Labute approximate surface area is 202 Å². The van der Waals surface area contributed by atoms with Crippen LogP contribution in [0.3, 0.4) is 0 Å². The Kier molecular flexibility index (Phi) is 6.89. The Morgan fingerprint density at radius 1 is 1.29 bits per heavy atom. The third kappa shape index (κ3) is 5.13. The van der Waals surface area contributed by atoms with Gasteiger partial charge in [-0.05, 0) is 56.8 Å². The summed E-state index contributed by atoms with van der Waals surface area (Å²) in [5.41, 5.74) is 8.12. The van der Waals surface area contributed by atoms with E-state index >= 15 is 0 Å². The number of benzene rings is 1. The highest BCUT2D eigenvalue weighted by Crippen LogP contribution is 2.32. The second kappa shape index (κ2) is 10.2. The zero-order valence-corrected chi connectivity index (χ0v) is 19.9. The number of thiazole rings is 1. The number of para-hydroxylation sites is 1. The number of carbonyl (C=O) groups is 1. The van der Waals surface area contributed by atoms with Gasteiger partial charge in [-0.3, -0.25) is 9.48 Å². The molecule has 2 saturated heterocycles. The number of hydrogen-bond acceptors (Lipinski definition) is 7. The number of nitrogens with zero attached hydrogens (tertiary/aromatic N) is 4. The van der Waals surface area contributed by atoms with Gasteiger partial charge in [0.1, 0.15) is 16.5 Å². The van der Waals surface area contributed by atoms with Crippen LogP contribution in [0.25, 0.3) is 10.6 Å². The van der Waals surface area contributed by atoms with Crippen molar-refractivity contribution in [2.75, 3.05) is 36.4 Å². The van der Waals surface area contributed by atoms with Crippen molar-refractivity contribution in [3.05, 3.63) is 47.5 Å². The van der Waals surface area contributed by atoms with Crippen LogP contribution in [0.15, 0.2) is 36.0 Å². The number of halogens is 1. The molecule has 0 radical (unpaired) electrons. The molecule has 8 nitrogen and oxygen atoms in total. The normalized spacial score (nSPS) is 19.4. The van der Waals surface area contributed by atoms with Gasteiger partial charge in [0.2, 0.25) is 0 Å². The largest absolute Gasteiger partial charge is 0.366 e. The SMILES string of the molecule is N[C@@H]1CCCN(c2c(F)cccc2NC(=O)c2csc(-c3cnn(CC4CCNCC4)c3)n2)C1. The molecule has 2 fully saturated rings. The standard InChI is InChI=1S/C24H30FN7OS/c25-19-4-1-5-20(22(19)31-10-2-3-18(26)14-31)29-23(33)21-15-34-24(30-21)17-11-28-32(13-17)12-16-6-8-27-9-7-16/h1,4-5,11,13,15-16,18,27H,2-3,6-10,12,14,26H2,(H,29,33)/t18-/m1/s1. The lowest BCUT2D eigenvalue weighted by Crippen LogP contribution is -2.43. The van der Waals surface area contributed by atoms with Gasteiger partial charge in [0, 0.05) is 42.8 Å². The first-order valence-electron chi connectivity index (χ1n) is 11.9. The lowest BCUT2D eigenvalue weighted by molar-refractivity contribution is 0.102. The second-order valence-electron chi connectivity index (χ2n) is 9.12. The van der Waals surface area contributed by atoms with Crippen LogP contribution in [-0.4, -0.2) is 52.9 Å². The van der Waals surface area contributed by atoms with E-state index in [9.17, 15) is 9.18 Å². The molecule has 4 heterocycles. The zero-order valence-electron chi connectivity index (χ0n) is 19.0. The molecular weight excluding hydrogens is 453 g/mol. The Hall–Kier alpha value is -2.82. The first-order chi connectivity index (χ1) is 16.6. The van der Waals surface area contributed by atoms with Crippen LogP contribution in [0.5, 0.6) is 0 Å². The summed E-state index contributed by atoms with van der Waals surface area (Å²) >= 11 is 1.40. The molecular formula is C24H30FN7OS. The first kappa shape index (κ1) is 22.9. The molecule has 3 aromatic rings. The third-order valence-corrected chi connectivity index (χ3v) is 7.42. The molecule has 1 aromatic carbocycles. The number of anilines is 2. The van der Waals surface area contributed by atoms with Gasteiger partial charge in [-0.25, -0.2) is 9.37 Å². The number of aromatic nitrogens is 3. The monoisotopic (exact) mass is 483 g/mol. The minimum Gasteiger partial charge on any atom is -0.366 e. The van der Waals surface area contributed by atoms with E-state index in [2.05, 4.69) is 20.7 Å². The molecule has 0 unspecified atom stereocenters. The summed E-state index contributed by atoms with van der Waals surface area (Å²) in [6.07, 6.45) is 7.91. The molecule has 1 atom stereocenters. The van der Waals surface area contributed by atoms with Crippen LogP contribution in [0, 0.1) is 11.7 Å². The van der Waals surface area contributed by atoms with Crippen molar-refractivity contribution in [2.24, 2.45) is 11.7 Å². The van der Waals surface area contributed by atoms with Gasteiger partial charge in [0.25, 0.3) is 5.91 Å². The Morgan fingerprint density at radius 3 is 2.97 bits per heavy atom. The van der Waals surface area contributed by atoms with Crippen molar-refractivity contribution in [1.82, 2.24) is 20.1 Å². The van der Waals surface area contributed by atoms with Crippen molar-refractivity contribution < 1.29 is 9.18 Å². The van der Waals surface area contributed by atoms with E-state index < -0.39 is 0 Å². The maximum atomic E-state index is 14.8. The van der Waals surface area contributed by atoms with E-state index in [1.54, 1.807) is 23.7 Å². The van der Waals surface area contributed by atoms with Crippen molar-refractivity contribution in [3.63, 3.8) is 0 Å². The predicted molar refractivity (Wildman–Crippen MR) is 133 cm³/mol. The summed E-state index contributed by atoms with van der Waals surface area (Å²) < 4.78 is 16.7. The van der Waals surface area contributed by atoms with Crippen LogP contribution < -0.4 is 21.3 Å². The molecule has 0 saturated carbocycles. The van der Waals surface area contributed by atoms with Crippen molar-refractivity contribution in [1.29, 1.82) is 0 Å². The molecule has 0 spiro atoms. The molecule has 0 aliphatic carbocycles. The summed E-state index contributed by atoms with van der Waals surface area (Å²) in [5.74, 6) is -0.105. The molecule has 2 aromatic heterocycles. The number of rotatable bonds is 6. The maximum Gasteiger partial charge on any atom is 0.275 e. The minimum atomic E-state index is -0.368. The smallest absolute Gasteiger partial charge is 0.275 e. The van der Waals surface area contributed by atoms with Gasteiger partial charge in [0.05, 0.1) is 17.6 Å². The van der Waals surface area contributed by atoms with Crippen molar-refractivity contribution in [3.8, 4) is 10.6 Å². The molecule has 180 valence electrons. The first-order valence-corrected chi connectivity index (χ1v) is 12.7. The van der Waals surface area contributed by atoms with E-state index in [1.165, 1.54) is 17.4 Å². The highest BCUT2D eigenvalue weighted by Gasteiger charge is 2.24. The van der Waals surface area contributed by atoms with Gasteiger partial charge < -0.3 is 21.3 Å². The van der Waals surface area contributed by atoms with Crippen LogP contribution >= 0.6 is 11.3 Å². The van der Waals surface area contributed by atoms with Gasteiger partial charge in [-0.2, -0.15) is 5.10 Å². The van der Waals surface area contributed by atoms with Gasteiger partial charge in [0.15, 0.2) is 0 Å². The topological polar surface area (TPSA) is 101 Å². The fourth-order valence-electron chi connectivity index (χ4n) is 4.75. The summed E-state index contributed by atoms with van der Waals surface area (Å²) in [6, 6.07) is 4.72. The molecule has 1 amide bonds. The Balaban J connectivity index is 1.28. The molecule has 5 rings (SSSR count). The summed E-state index contributed by atoms with van der Waals surface area (Å²) in [4.78, 5) is 19.4. The number of hydrogen-bond donors (Lipinski definition) is 3. The zero-order chi connectivity index (χ0) is 23.5. The van der Waals surface area contributed by atoms with E-state index in [4.69, 9.17) is 5.73 Å². The third-order valence-electron chi connectivity index (χ3n) is 6.53. The van der Waals surface area contributed by atoms with Crippen molar-refractivity contribution in [2.45, 2.75) is 38.3 Å². The maximum absolute atomic E-state index is 14.8. The molecule has 2 aliphatic rings. The highest BCUT2D eigenvalue weighted by atomic mass is 32.1. The fourth-order valence-corrected chi connectivity index (χ4v) is 5.53. The van der Waals surface area contributed by atoms with E-state index in [0.29, 0.717) is 36.1 Å². The van der Waals surface area contributed by atoms with E-state index in [1.807, 2.05) is 15.8 Å². The highest BCUT2D eigenvalue weighted by molar-refractivity contribution is 7.13. The number of piperidine rings is 2. The fraction of sp³-hybridized carbons (Fsp3) is 0.458. The van der Waals surface area contributed by atoms with E-state index in [-0.39, 0.29) is 17.8 Å². The average Bonchev–Trinajstić information content (AvgIpc) is 3.50. The molecule has 2 aliphatic heterocycles. The van der Waals surface area contributed by atoms with Crippen LogP contribution in [0.1, 0.15) is 36.2 Å². The van der Waals surface area contributed by atoms with E-state index in [0.717, 1.165) is 55.9 Å². The molecule has 10 heteroatoms. The quantitative estimate of drug-likeness (QED) is 0.497. The Bertz CT molecular complexity index is 1140. The average molecular weight is 484 g/mol. The molecule has 34 heavy (non-hydrogen) atoms. The van der Waals surface area contributed by atoms with Gasteiger partial charge in [-0.15, -0.1) is 11.3 Å². The number of nitrogens with one attached hydrogen (secondary N) is 2. The molecule has 4 N–H and O–H groups in total. The summed E-state index contributed by atoms with van der Waals surface area (Å²) in [5, 5.41) is 13.2. The second-order valence-corrected chi connectivity index (χ2v) is 9.98. The lowest BCUT2D eigenvalue weighted by Gasteiger charge is -2.34. The van der Waals surface area contributed by atoms with Crippen LogP contribution in [-0.2, 0) is 6.54 Å². The number of nitrogens with two attached hydrogens (primary N) is 1. The Morgan fingerprint density at radius 2 is 2.15 bits per heavy atom. The summed E-state index contributed by atoms with van der Waals surface area (Å²) in [7, 11) is 0. The van der Waals surface area contributed by atoms with Gasteiger partial charge in [-0.1, -0.05) is 6.07 Å². The number of carbonyl (C=O) groups excluding carboxylic acids is 1. The minimum absolute atomic E-state index is 0.00583. The van der Waals surface area contributed by atoms with Crippen LogP contribution in [0.4, 0.5) is 15.8 Å². The van der Waals surface area contributed by atoms with Gasteiger partial charge >= 0.3 is 0 Å². The predicted octanol–water partition coefficient (Wildman–Crippen LogP) is 3.33. The summed E-state index contributed by atoms with van der Waals surface area (Å²) in [6.45, 7) is 4.28. The van der Waals surface area contributed by atoms with Crippen LogP contribution in [0.2, 0.25) is 0 Å².